The van der Waals surface area contributed by atoms with Crippen molar-refractivity contribution >= 4 is 0 Å². The average Bonchev–Trinajstić information content (AvgIpc) is 2.74. The lowest BCUT2D eigenvalue weighted by atomic mass is 9.76. The summed E-state index contributed by atoms with van der Waals surface area (Å²) in [5, 5.41) is 0. The number of unbranched alkanes of at least 4 members (excludes halogenated alkanes) is 2. The lowest BCUT2D eigenvalue weighted by Gasteiger charge is -2.37. The molecule has 0 aromatic heterocycles. The Hall–Kier alpha value is -0.300. The summed E-state index contributed by atoms with van der Waals surface area (Å²) in [6.45, 7) is 5.71. The van der Waals surface area contributed by atoms with Crippen LogP contribution in [0.5, 0.6) is 0 Å². The van der Waals surface area contributed by atoms with Gasteiger partial charge in [0.2, 0.25) is 0 Å². The van der Waals surface area contributed by atoms with Gasteiger partial charge in [-0.15, -0.1) is 0 Å². The van der Waals surface area contributed by atoms with Crippen LogP contribution in [0.25, 0.3) is 0 Å². The highest BCUT2D eigenvalue weighted by Gasteiger charge is 2.31. The van der Waals surface area contributed by atoms with Gasteiger partial charge in [0.05, 0.1) is 6.10 Å². The van der Waals surface area contributed by atoms with Gasteiger partial charge in [-0.25, -0.2) is 0 Å². The van der Waals surface area contributed by atoms with Crippen LogP contribution in [0.3, 0.4) is 0 Å². The van der Waals surface area contributed by atoms with E-state index in [1.807, 2.05) is 0 Å². The van der Waals surface area contributed by atoms with Crippen molar-refractivity contribution in [3.63, 3.8) is 0 Å². The zero-order valence-electron chi connectivity index (χ0n) is 18.3. The molecule has 156 valence electrons. The molecule has 2 atom stereocenters. The summed E-state index contributed by atoms with van der Waals surface area (Å²) in [7, 11) is 0. The Balaban J connectivity index is 1.31. The first-order valence-electron chi connectivity index (χ1n) is 12.6. The van der Waals surface area contributed by atoms with Gasteiger partial charge >= 0.3 is 0 Å². The van der Waals surface area contributed by atoms with Crippen LogP contribution in [0.4, 0.5) is 0 Å². The van der Waals surface area contributed by atoms with E-state index in [1.54, 1.807) is 0 Å². The molecule has 27 heavy (non-hydrogen) atoms. The van der Waals surface area contributed by atoms with Crippen molar-refractivity contribution in [2.45, 2.75) is 116 Å². The van der Waals surface area contributed by atoms with Crippen LogP contribution < -0.4 is 0 Å². The third kappa shape index (κ3) is 6.91. The third-order valence-corrected chi connectivity index (χ3v) is 8.09. The highest BCUT2D eigenvalue weighted by atomic mass is 16.5. The molecule has 1 saturated heterocycles. The fourth-order valence-electron chi connectivity index (χ4n) is 5.92. The molecule has 2 saturated carbocycles. The zero-order chi connectivity index (χ0) is 18.9. The molecule has 3 fully saturated rings. The number of hydrogen-bond donors (Lipinski definition) is 0. The summed E-state index contributed by atoms with van der Waals surface area (Å²) in [5.41, 5.74) is 0. The molecular formula is C26H46O. The average molecular weight is 375 g/mol. The Morgan fingerprint density at radius 2 is 1.33 bits per heavy atom. The second-order valence-electron chi connectivity index (χ2n) is 10.1. The van der Waals surface area contributed by atoms with E-state index in [4.69, 9.17) is 4.74 Å². The summed E-state index contributed by atoms with van der Waals surface area (Å²) in [4.78, 5) is 0. The van der Waals surface area contributed by atoms with Gasteiger partial charge in [-0.3, -0.25) is 0 Å². The van der Waals surface area contributed by atoms with Crippen LogP contribution in [0.1, 0.15) is 110 Å². The van der Waals surface area contributed by atoms with E-state index in [2.05, 4.69) is 26.0 Å². The SMILES string of the molecule is CCCCCC1CCC(C2CCC(C=CC3CCC(CC)CC3)CC2)OC1. The first-order chi connectivity index (χ1) is 13.3. The fourth-order valence-corrected chi connectivity index (χ4v) is 5.92. The highest BCUT2D eigenvalue weighted by molar-refractivity contribution is 4.97. The highest BCUT2D eigenvalue weighted by Crippen LogP contribution is 2.38. The predicted octanol–water partition coefficient (Wildman–Crippen LogP) is 7.94. The maximum absolute atomic E-state index is 6.35. The van der Waals surface area contributed by atoms with Crippen molar-refractivity contribution in [1.29, 1.82) is 0 Å². The van der Waals surface area contributed by atoms with Crippen LogP contribution in [0.2, 0.25) is 0 Å². The quantitative estimate of drug-likeness (QED) is 0.309. The molecular weight excluding hydrogens is 328 g/mol. The van der Waals surface area contributed by atoms with Crippen molar-refractivity contribution in [3.8, 4) is 0 Å². The van der Waals surface area contributed by atoms with Crippen molar-refractivity contribution in [2.75, 3.05) is 6.61 Å². The summed E-state index contributed by atoms with van der Waals surface area (Å²) in [6.07, 6.45) is 27.0. The molecule has 0 spiro atoms. The summed E-state index contributed by atoms with van der Waals surface area (Å²) in [6, 6.07) is 0. The molecule has 0 bridgehead atoms. The molecule has 2 aliphatic carbocycles. The third-order valence-electron chi connectivity index (χ3n) is 8.09. The molecule has 1 nitrogen and oxygen atoms in total. The molecule has 0 radical (unpaired) electrons. The van der Waals surface area contributed by atoms with Gasteiger partial charge in [0, 0.05) is 6.61 Å². The van der Waals surface area contributed by atoms with E-state index in [0.29, 0.717) is 6.10 Å². The molecule has 1 heteroatoms. The number of allylic oxidation sites excluding steroid dienone is 2. The maximum Gasteiger partial charge on any atom is 0.0603 e. The second kappa shape index (κ2) is 11.6. The van der Waals surface area contributed by atoms with Crippen molar-refractivity contribution < 1.29 is 4.74 Å². The molecule has 2 unspecified atom stereocenters. The van der Waals surface area contributed by atoms with E-state index >= 15 is 0 Å². The van der Waals surface area contributed by atoms with Crippen molar-refractivity contribution in [2.24, 2.45) is 29.6 Å². The molecule has 3 rings (SSSR count). The summed E-state index contributed by atoms with van der Waals surface area (Å²) in [5.74, 6) is 4.47. The van der Waals surface area contributed by atoms with Crippen molar-refractivity contribution in [3.05, 3.63) is 12.2 Å². The van der Waals surface area contributed by atoms with E-state index < -0.39 is 0 Å². The molecule has 0 amide bonds. The Bertz CT molecular complexity index is 404. The minimum atomic E-state index is 0.585. The van der Waals surface area contributed by atoms with E-state index in [0.717, 1.165) is 36.2 Å². The van der Waals surface area contributed by atoms with Gasteiger partial charge in [0.1, 0.15) is 0 Å². The van der Waals surface area contributed by atoms with E-state index in [1.165, 1.54) is 96.3 Å². The van der Waals surface area contributed by atoms with E-state index in [9.17, 15) is 0 Å². The molecule has 1 aliphatic heterocycles. The number of hydrogen-bond acceptors (Lipinski definition) is 1. The van der Waals surface area contributed by atoms with Crippen LogP contribution in [0.15, 0.2) is 12.2 Å². The Kier molecular flexibility index (Phi) is 9.23. The van der Waals surface area contributed by atoms with Crippen LogP contribution in [0, 0.1) is 29.6 Å². The van der Waals surface area contributed by atoms with E-state index in [-0.39, 0.29) is 0 Å². The normalized spacial score (nSPS) is 38.3. The molecule has 0 aromatic rings. The minimum Gasteiger partial charge on any atom is -0.378 e. The minimum absolute atomic E-state index is 0.585. The molecule has 0 N–H and O–H groups in total. The number of rotatable bonds is 8. The summed E-state index contributed by atoms with van der Waals surface area (Å²) >= 11 is 0. The molecule has 0 aromatic carbocycles. The van der Waals surface area contributed by atoms with Gasteiger partial charge in [-0.2, -0.15) is 0 Å². The standard InChI is InChI=1S/C26H46O/c1-3-5-6-7-24-16-19-26(27-20-24)25-17-14-23(15-18-25)13-12-22-10-8-21(4-2)9-11-22/h12-13,21-26H,3-11,14-20H2,1-2H3. The summed E-state index contributed by atoms with van der Waals surface area (Å²) < 4.78 is 6.35. The lowest BCUT2D eigenvalue weighted by molar-refractivity contribution is -0.0585. The Morgan fingerprint density at radius 1 is 0.704 bits per heavy atom. The van der Waals surface area contributed by atoms with Crippen LogP contribution in [-0.2, 0) is 4.74 Å². The van der Waals surface area contributed by atoms with Gasteiger partial charge < -0.3 is 4.74 Å². The first-order valence-corrected chi connectivity index (χ1v) is 12.6. The zero-order valence-corrected chi connectivity index (χ0v) is 18.3. The van der Waals surface area contributed by atoms with Crippen molar-refractivity contribution in [1.82, 2.24) is 0 Å². The fraction of sp³-hybridized carbons (Fsp3) is 0.923. The molecule has 1 heterocycles. The maximum atomic E-state index is 6.35. The monoisotopic (exact) mass is 374 g/mol. The van der Waals surface area contributed by atoms with Gasteiger partial charge in [0.25, 0.3) is 0 Å². The lowest BCUT2D eigenvalue weighted by Crippen LogP contribution is -2.34. The first kappa shape index (κ1) is 21.4. The van der Waals surface area contributed by atoms with Crippen LogP contribution in [-0.4, -0.2) is 12.7 Å². The Morgan fingerprint density at radius 3 is 1.89 bits per heavy atom. The smallest absolute Gasteiger partial charge is 0.0603 e. The number of ether oxygens (including phenoxy) is 1. The second-order valence-corrected chi connectivity index (χ2v) is 10.1. The molecule has 3 aliphatic rings. The van der Waals surface area contributed by atoms with Gasteiger partial charge in [-0.05, 0) is 100 Å². The largest absolute Gasteiger partial charge is 0.378 e. The van der Waals surface area contributed by atoms with Crippen LogP contribution >= 0.6 is 0 Å². The van der Waals surface area contributed by atoms with Gasteiger partial charge in [-0.1, -0.05) is 51.7 Å². The van der Waals surface area contributed by atoms with Gasteiger partial charge in [0.15, 0.2) is 0 Å². The Labute approximate surface area is 169 Å². The topological polar surface area (TPSA) is 9.23 Å². The predicted molar refractivity (Wildman–Crippen MR) is 117 cm³/mol.